The third-order valence-electron chi connectivity index (χ3n) is 4.07. The monoisotopic (exact) mass is 409 g/mol. The van der Waals surface area contributed by atoms with E-state index in [4.69, 9.17) is 5.73 Å². The molecule has 118 valence electrons. The molecule has 0 spiro atoms. The van der Waals surface area contributed by atoms with Crippen molar-refractivity contribution in [3.8, 4) is 0 Å². The Hall–Kier alpha value is -0.920. The summed E-state index contributed by atoms with van der Waals surface area (Å²) in [6, 6.07) is 3.82. The normalized spacial score (nSPS) is 17.4. The van der Waals surface area contributed by atoms with Crippen LogP contribution in [0.15, 0.2) is 23.2 Å². The Bertz CT molecular complexity index is 512. The number of hydrogen-bond donors (Lipinski definition) is 1. The zero-order valence-electron chi connectivity index (χ0n) is 12.4. The minimum absolute atomic E-state index is 0. The average Bonchev–Trinajstić information content (AvgIpc) is 2.85. The van der Waals surface area contributed by atoms with E-state index in [-0.39, 0.29) is 29.4 Å². The standard InChI is InChI=1S/C15H21F2N3.HI/c1-20(2)14(18)19-10-15(7-3-4-8-15)12-6-5-11(16)9-13(12)17;/h5-6,9H,3-4,7-8,10H2,1-2H3,(H2,18,19);1H. The van der Waals surface area contributed by atoms with E-state index in [2.05, 4.69) is 4.99 Å². The van der Waals surface area contributed by atoms with Gasteiger partial charge in [-0.1, -0.05) is 18.9 Å². The topological polar surface area (TPSA) is 41.6 Å². The van der Waals surface area contributed by atoms with Crippen LogP contribution in [0.3, 0.4) is 0 Å². The fourth-order valence-corrected chi connectivity index (χ4v) is 2.86. The van der Waals surface area contributed by atoms with E-state index in [0.29, 0.717) is 18.1 Å². The van der Waals surface area contributed by atoms with Crippen molar-refractivity contribution in [1.29, 1.82) is 0 Å². The molecule has 0 radical (unpaired) electrons. The maximum absolute atomic E-state index is 14.1. The van der Waals surface area contributed by atoms with Crippen LogP contribution in [0.2, 0.25) is 0 Å². The second-order valence-electron chi connectivity index (χ2n) is 5.68. The van der Waals surface area contributed by atoms with Gasteiger partial charge in [-0.15, -0.1) is 24.0 Å². The zero-order chi connectivity index (χ0) is 14.8. The Morgan fingerprint density at radius 3 is 2.43 bits per heavy atom. The van der Waals surface area contributed by atoms with Crippen LogP contribution in [0.4, 0.5) is 8.78 Å². The lowest BCUT2D eigenvalue weighted by atomic mass is 9.78. The van der Waals surface area contributed by atoms with Crippen LogP contribution in [-0.2, 0) is 5.41 Å². The van der Waals surface area contributed by atoms with Crippen molar-refractivity contribution >= 4 is 29.9 Å². The number of rotatable bonds is 3. The summed E-state index contributed by atoms with van der Waals surface area (Å²) in [4.78, 5) is 6.10. The maximum Gasteiger partial charge on any atom is 0.190 e. The molecule has 0 saturated heterocycles. The molecular formula is C15H22F2IN3. The smallest absolute Gasteiger partial charge is 0.190 e. The fourth-order valence-electron chi connectivity index (χ4n) is 2.86. The van der Waals surface area contributed by atoms with Crippen LogP contribution < -0.4 is 5.73 Å². The Balaban J connectivity index is 0.00000220. The molecule has 6 heteroatoms. The van der Waals surface area contributed by atoms with E-state index < -0.39 is 11.6 Å². The number of benzene rings is 1. The zero-order valence-corrected chi connectivity index (χ0v) is 14.7. The van der Waals surface area contributed by atoms with Gasteiger partial charge in [-0.05, 0) is 24.5 Å². The average molecular weight is 409 g/mol. The van der Waals surface area contributed by atoms with Crippen molar-refractivity contribution in [2.24, 2.45) is 10.7 Å². The van der Waals surface area contributed by atoms with Gasteiger partial charge in [0.15, 0.2) is 5.96 Å². The lowest BCUT2D eigenvalue weighted by molar-refractivity contribution is 0.422. The third-order valence-corrected chi connectivity index (χ3v) is 4.07. The van der Waals surface area contributed by atoms with Gasteiger partial charge in [0, 0.05) is 25.6 Å². The van der Waals surface area contributed by atoms with Crippen LogP contribution in [0.5, 0.6) is 0 Å². The summed E-state index contributed by atoms with van der Waals surface area (Å²) < 4.78 is 27.2. The molecule has 1 aliphatic rings. The highest BCUT2D eigenvalue weighted by atomic mass is 127. The van der Waals surface area contributed by atoms with Crippen molar-refractivity contribution in [2.75, 3.05) is 20.6 Å². The molecule has 21 heavy (non-hydrogen) atoms. The summed E-state index contributed by atoms with van der Waals surface area (Å²) in [5.74, 6) is -0.597. The first-order valence-corrected chi connectivity index (χ1v) is 6.87. The SMILES string of the molecule is CN(C)C(N)=NCC1(c2ccc(F)cc2F)CCCC1.I. The van der Waals surface area contributed by atoms with Gasteiger partial charge < -0.3 is 10.6 Å². The number of aliphatic imine (C=N–C) groups is 1. The van der Waals surface area contributed by atoms with Gasteiger partial charge in [0.2, 0.25) is 0 Å². The molecule has 0 atom stereocenters. The number of halogens is 3. The first-order valence-electron chi connectivity index (χ1n) is 6.87. The highest BCUT2D eigenvalue weighted by Crippen LogP contribution is 2.42. The molecule has 0 bridgehead atoms. The van der Waals surface area contributed by atoms with Crippen molar-refractivity contribution in [2.45, 2.75) is 31.1 Å². The van der Waals surface area contributed by atoms with Crippen LogP contribution in [0, 0.1) is 11.6 Å². The fraction of sp³-hybridized carbons (Fsp3) is 0.533. The quantitative estimate of drug-likeness (QED) is 0.473. The van der Waals surface area contributed by atoms with E-state index >= 15 is 0 Å². The molecule has 0 unspecified atom stereocenters. The minimum Gasteiger partial charge on any atom is -0.370 e. The molecule has 1 aromatic carbocycles. The van der Waals surface area contributed by atoms with Crippen molar-refractivity contribution in [3.05, 3.63) is 35.4 Å². The molecule has 0 amide bonds. The van der Waals surface area contributed by atoms with Crippen LogP contribution in [-0.4, -0.2) is 31.5 Å². The first-order chi connectivity index (χ1) is 9.44. The minimum atomic E-state index is -0.546. The summed E-state index contributed by atoms with van der Waals surface area (Å²) in [7, 11) is 3.64. The molecule has 0 aromatic heterocycles. The Morgan fingerprint density at radius 1 is 1.29 bits per heavy atom. The summed E-state index contributed by atoms with van der Waals surface area (Å²) >= 11 is 0. The largest absolute Gasteiger partial charge is 0.370 e. The van der Waals surface area contributed by atoms with Gasteiger partial charge in [0.1, 0.15) is 11.6 Å². The summed E-state index contributed by atoms with van der Waals surface area (Å²) in [6.07, 6.45) is 3.79. The Morgan fingerprint density at radius 2 is 1.90 bits per heavy atom. The third kappa shape index (κ3) is 4.05. The lowest BCUT2D eigenvalue weighted by Crippen LogP contribution is -2.34. The summed E-state index contributed by atoms with van der Waals surface area (Å²) in [6.45, 7) is 0.444. The molecule has 2 rings (SSSR count). The van der Waals surface area contributed by atoms with E-state index in [1.807, 2.05) is 14.1 Å². The number of nitrogens with two attached hydrogens (primary N) is 1. The second-order valence-corrected chi connectivity index (χ2v) is 5.68. The predicted molar refractivity (Wildman–Crippen MR) is 92.1 cm³/mol. The number of hydrogen-bond acceptors (Lipinski definition) is 1. The molecule has 1 saturated carbocycles. The maximum atomic E-state index is 14.1. The first kappa shape index (κ1) is 18.1. The highest BCUT2D eigenvalue weighted by Gasteiger charge is 2.37. The molecular weight excluding hydrogens is 387 g/mol. The molecule has 2 N–H and O–H groups in total. The number of guanidine groups is 1. The molecule has 0 aliphatic heterocycles. The van der Waals surface area contributed by atoms with Gasteiger partial charge in [-0.3, -0.25) is 4.99 Å². The van der Waals surface area contributed by atoms with Gasteiger partial charge in [0.25, 0.3) is 0 Å². The molecule has 1 fully saturated rings. The van der Waals surface area contributed by atoms with E-state index in [1.54, 1.807) is 11.0 Å². The molecule has 1 aliphatic carbocycles. The van der Waals surface area contributed by atoms with Gasteiger partial charge in [-0.2, -0.15) is 0 Å². The van der Waals surface area contributed by atoms with Gasteiger partial charge >= 0.3 is 0 Å². The van der Waals surface area contributed by atoms with Crippen molar-refractivity contribution in [1.82, 2.24) is 4.90 Å². The highest BCUT2D eigenvalue weighted by molar-refractivity contribution is 14.0. The Labute approximate surface area is 141 Å². The molecule has 3 nitrogen and oxygen atoms in total. The van der Waals surface area contributed by atoms with E-state index in [9.17, 15) is 8.78 Å². The van der Waals surface area contributed by atoms with E-state index in [0.717, 1.165) is 31.7 Å². The molecule has 1 aromatic rings. The molecule has 0 heterocycles. The van der Waals surface area contributed by atoms with Crippen molar-refractivity contribution < 1.29 is 8.78 Å². The summed E-state index contributed by atoms with van der Waals surface area (Å²) in [5, 5.41) is 0. The Kier molecular flexibility index (Phi) is 6.37. The van der Waals surface area contributed by atoms with Crippen molar-refractivity contribution in [3.63, 3.8) is 0 Å². The second kappa shape index (κ2) is 7.38. The van der Waals surface area contributed by atoms with Crippen LogP contribution >= 0.6 is 24.0 Å². The van der Waals surface area contributed by atoms with E-state index in [1.165, 1.54) is 6.07 Å². The lowest BCUT2D eigenvalue weighted by Gasteiger charge is -2.28. The summed E-state index contributed by atoms with van der Waals surface area (Å²) in [5.41, 5.74) is 6.03. The van der Waals surface area contributed by atoms with Gasteiger partial charge in [0.05, 0.1) is 6.54 Å². The predicted octanol–water partition coefficient (Wildman–Crippen LogP) is 3.27. The number of nitrogens with zero attached hydrogens (tertiary/aromatic N) is 2. The van der Waals surface area contributed by atoms with Crippen LogP contribution in [0.25, 0.3) is 0 Å². The van der Waals surface area contributed by atoms with Gasteiger partial charge in [-0.25, -0.2) is 8.78 Å². The van der Waals surface area contributed by atoms with Crippen LogP contribution in [0.1, 0.15) is 31.2 Å².